The molecule has 2 aromatic carbocycles. The quantitative estimate of drug-likeness (QED) is 0.516. The lowest BCUT2D eigenvalue weighted by Gasteiger charge is -2.13. The second-order valence-electron chi connectivity index (χ2n) is 6.49. The number of imide groups is 1. The van der Waals surface area contributed by atoms with Crippen molar-refractivity contribution in [2.75, 3.05) is 13.1 Å². The Morgan fingerprint density at radius 1 is 0.963 bits per heavy atom. The lowest BCUT2D eigenvalue weighted by molar-refractivity contribution is -0.121. The Kier molecular flexibility index (Phi) is 6.40. The van der Waals surface area contributed by atoms with E-state index in [1.54, 1.807) is 18.2 Å². The molecule has 1 aliphatic heterocycles. The Bertz CT molecular complexity index is 852. The van der Waals surface area contributed by atoms with Crippen molar-refractivity contribution in [2.24, 2.45) is 0 Å². The van der Waals surface area contributed by atoms with Crippen LogP contribution in [0, 0.1) is 0 Å². The van der Waals surface area contributed by atoms with Crippen LogP contribution in [-0.4, -0.2) is 35.7 Å². The number of rotatable bonds is 8. The van der Waals surface area contributed by atoms with Gasteiger partial charge in [0.25, 0.3) is 11.8 Å². The Morgan fingerprint density at radius 2 is 1.70 bits per heavy atom. The van der Waals surface area contributed by atoms with E-state index < -0.39 is 0 Å². The highest BCUT2D eigenvalue weighted by Gasteiger charge is 2.35. The van der Waals surface area contributed by atoms with Crippen molar-refractivity contribution in [3.05, 3.63) is 69.7 Å². The number of benzene rings is 2. The molecule has 1 aliphatic rings. The third-order valence-corrected chi connectivity index (χ3v) is 5.02. The van der Waals surface area contributed by atoms with E-state index >= 15 is 0 Å². The van der Waals surface area contributed by atoms with Crippen molar-refractivity contribution in [1.82, 2.24) is 10.2 Å². The third-order valence-electron chi connectivity index (χ3n) is 4.53. The zero-order valence-corrected chi connectivity index (χ0v) is 16.5. The molecule has 3 rings (SSSR count). The highest BCUT2D eigenvalue weighted by atomic mass is 79.9. The fourth-order valence-electron chi connectivity index (χ4n) is 3.12. The van der Waals surface area contributed by atoms with Gasteiger partial charge in [0.05, 0.1) is 11.1 Å². The first-order valence-corrected chi connectivity index (χ1v) is 9.82. The molecule has 0 radical (unpaired) electrons. The van der Waals surface area contributed by atoms with Gasteiger partial charge < -0.3 is 5.32 Å². The monoisotopic (exact) mass is 428 g/mol. The summed E-state index contributed by atoms with van der Waals surface area (Å²) >= 11 is 3.31. The predicted molar refractivity (Wildman–Crippen MR) is 107 cm³/mol. The summed E-state index contributed by atoms with van der Waals surface area (Å²) in [5, 5.41) is 2.89. The van der Waals surface area contributed by atoms with Crippen LogP contribution in [0.2, 0.25) is 0 Å². The fraction of sp³-hybridized carbons (Fsp3) is 0.286. The number of carbonyl (C=O) groups is 3. The molecule has 0 unspecified atom stereocenters. The van der Waals surface area contributed by atoms with Gasteiger partial charge in [-0.3, -0.25) is 19.3 Å². The van der Waals surface area contributed by atoms with Gasteiger partial charge in [0.15, 0.2) is 0 Å². The molecule has 0 spiro atoms. The Morgan fingerprint density at radius 3 is 2.48 bits per heavy atom. The summed E-state index contributed by atoms with van der Waals surface area (Å²) in [7, 11) is 0. The Hall–Kier alpha value is -2.47. The van der Waals surface area contributed by atoms with Crippen LogP contribution in [0.15, 0.2) is 53.0 Å². The van der Waals surface area contributed by atoms with Crippen molar-refractivity contribution in [1.29, 1.82) is 0 Å². The lowest BCUT2D eigenvalue weighted by atomic mass is 10.1. The van der Waals surface area contributed by atoms with Gasteiger partial charge in [-0.2, -0.15) is 0 Å². The van der Waals surface area contributed by atoms with Gasteiger partial charge in [-0.15, -0.1) is 0 Å². The molecule has 0 saturated heterocycles. The van der Waals surface area contributed by atoms with Crippen molar-refractivity contribution >= 4 is 33.7 Å². The van der Waals surface area contributed by atoms with E-state index in [1.165, 1.54) is 10.5 Å². The predicted octanol–water partition coefficient (Wildman–Crippen LogP) is 3.57. The normalized spacial score (nSPS) is 13.0. The molecule has 1 N–H and O–H groups in total. The molecule has 0 atom stereocenters. The van der Waals surface area contributed by atoms with Gasteiger partial charge in [0, 0.05) is 24.0 Å². The van der Waals surface area contributed by atoms with E-state index in [4.69, 9.17) is 0 Å². The Balaban J connectivity index is 1.38. The molecular weight excluding hydrogens is 408 g/mol. The number of halogens is 1. The third kappa shape index (κ3) is 4.83. The average Bonchev–Trinajstić information content (AvgIpc) is 2.90. The number of fused-ring (bicyclic) bond motifs is 1. The van der Waals surface area contributed by atoms with Gasteiger partial charge in [-0.25, -0.2) is 0 Å². The fourth-order valence-corrected chi connectivity index (χ4v) is 3.48. The molecule has 5 nitrogen and oxygen atoms in total. The van der Waals surface area contributed by atoms with Crippen LogP contribution in [0.5, 0.6) is 0 Å². The van der Waals surface area contributed by atoms with Gasteiger partial charge in [-0.05, 0) is 43.0 Å². The summed E-state index contributed by atoms with van der Waals surface area (Å²) in [6.07, 6.45) is 2.55. The summed E-state index contributed by atoms with van der Waals surface area (Å²) in [6.45, 7) is 0.871. The maximum absolute atomic E-state index is 12.4. The minimum absolute atomic E-state index is 0.0533. The standard InChI is InChI=1S/C21H21BrN2O3/c22-16-10-11-17-18(14-16)21(27)24(20(17)26)13-5-9-19(25)23-12-4-8-15-6-2-1-3-7-15/h1-3,6-7,10-11,14H,4-5,8-9,12-13H2,(H,23,25). The van der Waals surface area contributed by atoms with E-state index in [1.807, 2.05) is 18.2 Å². The average molecular weight is 429 g/mol. The van der Waals surface area contributed by atoms with Crippen LogP contribution in [-0.2, 0) is 11.2 Å². The van der Waals surface area contributed by atoms with Crippen molar-refractivity contribution < 1.29 is 14.4 Å². The van der Waals surface area contributed by atoms with Crippen molar-refractivity contribution in [3.63, 3.8) is 0 Å². The SMILES string of the molecule is O=C(CCCN1C(=O)c2ccc(Br)cc2C1=O)NCCCc1ccccc1. The number of hydrogen-bond acceptors (Lipinski definition) is 3. The highest BCUT2D eigenvalue weighted by molar-refractivity contribution is 9.10. The second kappa shape index (κ2) is 8.95. The summed E-state index contributed by atoms with van der Waals surface area (Å²) in [4.78, 5) is 37.9. The molecule has 0 bridgehead atoms. The number of nitrogens with one attached hydrogen (secondary N) is 1. The molecule has 0 saturated carbocycles. The number of nitrogens with zero attached hydrogens (tertiary/aromatic N) is 1. The molecule has 27 heavy (non-hydrogen) atoms. The summed E-state index contributed by atoms with van der Waals surface area (Å²) in [6, 6.07) is 15.2. The molecule has 1 heterocycles. The van der Waals surface area contributed by atoms with Crippen molar-refractivity contribution in [3.8, 4) is 0 Å². The molecule has 6 heteroatoms. The molecule has 2 aromatic rings. The first-order valence-electron chi connectivity index (χ1n) is 9.02. The second-order valence-corrected chi connectivity index (χ2v) is 7.41. The molecule has 3 amide bonds. The summed E-state index contributed by atoms with van der Waals surface area (Å²) < 4.78 is 0.763. The molecule has 140 valence electrons. The van der Waals surface area contributed by atoms with E-state index in [-0.39, 0.29) is 24.3 Å². The van der Waals surface area contributed by atoms with Gasteiger partial charge in [0.1, 0.15) is 0 Å². The Labute approximate surface area is 166 Å². The van der Waals surface area contributed by atoms with Crippen LogP contribution >= 0.6 is 15.9 Å². The molecule has 0 fully saturated rings. The van der Waals surface area contributed by atoms with E-state index in [0.29, 0.717) is 30.5 Å². The van der Waals surface area contributed by atoms with E-state index in [0.717, 1.165) is 17.3 Å². The smallest absolute Gasteiger partial charge is 0.261 e. The van der Waals surface area contributed by atoms with Crippen LogP contribution in [0.3, 0.4) is 0 Å². The van der Waals surface area contributed by atoms with Gasteiger partial charge in [-0.1, -0.05) is 46.3 Å². The van der Waals surface area contributed by atoms with Crippen LogP contribution in [0.1, 0.15) is 45.5 Å². The largest absolute Gasteiger partial charge is 0.356 e. The van der Waals surface area contributed by atoms with Crippen molar-refractivity contribution in [2.45, 2.75) is 25.7 Å². The minimum atomic E-state index is -0.292. The van der Waals surface area contributed by atoms with Crippen LogP contribution < -0.4 is 5.32 Å². The number of aryl methyl sites for hydroxylation is 1. The minimum Gasteiger partial charge on any atom is -0.356 e. The number of hydrogen-bond donors (Lipinski definition) is 1. The topological polar surface area (TPSA) is 66.5 Å². The molecular formula is C21H21BrN2O3. The van der Waals surface area contributed by atoms with Crippen LogP contribution in [0.25, 0.3) is 0 Å². The summed E-state index contributed by atoms with van der Waals surface area (Å²) in [5.41, 5.74) is 2.09. The van der Waals surface area contributed by atoms with Gasteiger partial charge in [0.2, 0.25) is 5.91 Å². The van der Waals surface area contributed by atoms with Crippen LogP contribution in [0.4, 0.5) is 0 Å². The molecule has 0 aromatic heterocycles. The van der Waals surface area contributed by atoms with Gasteiger partial charge >= 0.3 is 0 Å². The maximum atomic E-state index is 12.4. The lowest BCUT2D eigenvalue weighted by Crippen LogP contribution is -2.32. The first kappa shape index (κ1) is 19.3. The van der Waals surface area contributed by atoms with E-state index in [2.05, 4.69) is 33.4 Å². The van der Waals surface area contributed by atoms with E-state index in [9.17, 15) is 14.4 Å². The zero-order chi connectivity index (χ0) is 19.2. The zero-order valence-electron chi connectivity index (χ0n) is 14.9. The highest BCUT2D eigenvalue weighted by Crippen LogP contribution is 2.26. The number of amides is 3. The summed E-state index contributed by atoms with van der Waals surface area (Å²) in [5.74, 6) is -0.632. The molecule has 0 aliphatic carbocycles. The number of carbonyl (C=O) groups excluding carboxylic acids is 3. The maximum Gasteiger partial charge on any atom is 0.261 e. The first-order chi connectivity index (χ1) is 13.1.